The molecule has 4 heteroatoms. The largest absolute Gasteiger partial charge is 0.476 e. The van der Waals surface area contributed by atoms with Crippen molar-refractivity contribution in [3.63, 3.8) is 0 Å². The number of benzene rings is 1. The van der Waals surface area contributed by atoms with Crippen LogP contribution in [-0.4, -0.2) is 20.5 Å². The highest BCUT2D eigenvalue weighted by Gasteiger charge is 2.20. The smallest absolute Gasteiger partial charge is 0.355 e. The number of aromatic carboxylic acids is 1. The van der Waals surface area contributed by atoms with Crippen LogP contribution in [-0.2, 0) is 0 Å². The van der Waals surface area contributed by atoms with E-state index in [4.69, 9.17) is 0 Å². The summed E-state index contributed by atoms with van der Waals surface area (Å²) in [5.74, 6) is -0.973. The number of imidazole rings is 1. The molecule has 0 unspecified atom stereocenters. The molecule has 100 valence electrons. The highest BCUT2D eigenvalue weighted by Crippen LogP contribution is 2.27. The van der Waals surface area contributed by atoms with Gasteiger partial charge in [-0.3, -0.25) is 4.40 Å². The van der Waals surface area contributed by atoms with Gasteiger partial charge in [-0.1, -0.05) is 29.8 Å². The third kappa shape index (κ3) is 1.86. The van der Waals surface area contributed by atoms with E-state index < -0.39 is 5.97 Å². The molecule has 3 aromatic rings. The van der Waals surface area contributed by atoms with E-state index in [1.54, 1.807) is 22.7 Å². The third-order valence-electron chi connectivity index (χ3n) is 3.37. The number of carbonyl (C=O) groups is 1. The van der Waals surface area contributed by atoms with Crippen LogP contribution >= 0.6 is 0 Å². The molecule has 2 heterocycles. The first-order valence-corrected chi connectivity index (χ1v) is 6.36. The molecule has 0 spiro atoms. The van der Waals surface area contributed by atoms with E-state index >= 15 is 0 Å². The third-order valence-corrected chi connectivity index (χ3v) is 3.37. The lowest BCUT2D eigenvalue weighted by molar-refractivity contribution is 0.0690. The van der Waals surface area contributed by atoms with Crippen LogP contribution in [0, 0.1) is 13.8 Å². The number of fused-ring (bicyclic) bond motifs is 1. The van der Waals surface area contributed by atoms with Crippen LogP contribution in [0.4, 0.5) is 0 Å². The molecule has 1 N–H and O–H groups in total. The second-order valence-corrected chi connectivity index (χ2v) is 4.86. The molecule has 0 fully saturated rings. The van der Waals surface area contributed by atoms with Gasteiger partial charge in [-0.2, -0.15) is 0 Å². The fourth-order valence-corrected chi connectivity index (χ4v) is 2.47. The van der Waals surface area contributed by atoms with E-state index in [2.05, 4.69) is 4.98 Å². The van der Waals surface area contributed by atoms with Gasteiger partial charge in [0, 0.05) is 11.8 Å². The van der Waals surface area contributed by atoms with Crippen molar-refractivity contribution in [2.75, 3.05) is 0 Å². The number of carboxylic acid groups (broad SMARTS) is 1. The Morgan fingerprint density at radius 2 is 2.00 bits per heavy atom. The van der Waals surface area contributed by atoms with E-state index in [0.717, 1.165) is 16.7 Å². The van der Waals surface area contributed by atoms with Crippen LogP contribution in [0.2, 0.25) is 0 Å². The highest BCUT2D eigenvalue weighted by atomic mass is 16.4. The molecule has 0 saturated heterocycles. The second-order valence-electron chi connectivity index (χ2n) is 4.86. The minimum absolute atomic E-state index is 0.201. The van der Waals surface area contributed by atoms with Crippen molar-refractivity contribution in [3.8, 4) is 11.3 Å². The average molecular weight is 266 g/mol. The van der Waals surface area contributed by atoms with Crippen molar-refractivity contribution in [2.45, 2.75) is 13.8 Å². The Bertz CT molecular complexity index is 818. The standard InChI is InChI=1S/C16H14N2O2/c1-10-6-7-12(11(2)9-10)14-15(16(19)20)18-8-4-3-5-13(18)17-14/h3-9H,1-2H3,(H,19,20). The molecular weight excluding hydrogens is 252 g/mol. The molecule has 0 aliphatic carbocycles. The van der Waals surface area contributed by atoms with Crippen molar-refractivity contribution < 1.29 is 9.90 Å². The van der Waals surface area contributed by atoms with Crippen molar-refractivity contribution >= 4 is 11.6 Å². The van der Waals surface area contributed by atoms with Crippen molar-refractivity contribution in [1.82, 2.24) is 9.38 Å². The molecule has 20 heavy (non-hydrogen) atoms. The fourth-order valence-electron chi connectivity index (χ4n) is 2.47. The Balaban J connectivity index is 2.35. The van der Waals surface area contributed by atoms with E-state index in [-0.39, 0.29) is 5.69 Å². The minimum atomic E-state index is -0.973. The van der Waals surface area contributed by atoms with E-state index in [9.17, 15) is 9.90 Å². The predicted octanol–water partition coefficient (Wildman–Crippen LogP) is 3.32. The Kier molecular flexibility index (Phi) is 2.79. The summed E-state index contributed by atoms with van der Waals surface area (Å²) >= 11 is 0. The first-order valence-electron chi connectivity index (χ1n) is 6.36. The lowest BCUT2D eigenvalue weighted by Crippen LogP contribution is -2.03. The maximum atomic E-state index is 11.6. The van der Waals surface area contributed by atoms with Gasteiger partial charge in [-0.15, -0.1) is 0 Å². The van der Waals surface area contributed by atoms with Gasteiger partial charge < -0.3 is 5.11 Å². The van der Waals surface area contributed by atoms with Gasteiger partial charge in [0.15, 0.2) is 5.69 Å². The van der Waals surface area contributed by atoms with Crippen LogP contribution in [0.1, 0.15) is 21.6 Å². The van der Waals surface area contributed by atoms with Crippen LogP contribution < -0.4 is 0 Å². The summed E-state index contributed by atoms with van der Waals surface area (Å²) in [5, 5.41) is 9.50. The van der Waals surface area contributed by atoms with Crippen LogP contribution in [0.15, 0.2) is 42.6 Å². The zero-order valence-corrected chi connectivity index (χ0v) is 11.3. The Hall–Kier alpha value is -2.62. The summed E-state index contributed by atoms with van der Waals surface area (Å²) < 4.78 is 1.61. The SMILES string of the molecule is Cc1ccc(-c2nc3ccccn3c2C(=O)O)c(C)c1. The summed E-state index contributed by atoms with van der Waals surface area (Å²) in [7, 11) is 0. The summed E-state index contributed by atoms with van der Waals surface area (Å²) in [5.41, 5.74) is 4.38. The molecule has 4 nitrogen and oxygen atoms in total. The number of rotatable bonds is 2. The molecular formula is C16H14N2O2. The highest BCUT2D eigenvalue weighted by molar-refractivity contribution is 5.95. The Morgan fingerprint density at radius 3 is 2.70 bits per heavy atom. The van der Waals surface area contributed by atoms with Crippen molar-refractivity contribution in [2.24, 2.45) is 0 Å². The van der Waals surface area contributed by atoms with Crippen molar-refractivity contribution in [1.29, 1.82) is 0 Å². The number of hydrogen-bond acceptors (Lipinski definition) is 2. The summed E-state index contributed by atoms with van der Waals surface area (Å²) in [6.45, 7) is 3.98. The van der Waals surface area contributed by atoms with Gasteiger partial charge in [-0.05, 0) is 31.5 Å². The van der Waals surface area contributed by atoms with E-state index in [0.29, 0.717) is 11.3 Å². The number of nitrogens with zero attached hydrogens (tertiary/aromatic N) is 2. The number of aromatic nitrogens is 2. The van der Waals surface area contributed by atoms with Gasteiger partial charge in [0.25, 0.3) is 0 Å². The lowest BCUT2D eigenvalue weighted by Gasteiger charge is -2.05. The molecule has 0 saturated carbocycles. The van der Waals surface area contributed by atoms with E-state index in [1.165, 1.54) is 0 Å². The number of pyridine rings is 1. The first-order chi connectivity index (χ1) is 9.58. The number of carboxylic acids is 1. The molecule has 0 aliphatic heterocycles. The number of aryl methyl sites for hydroxylation is 2. The molecule has 0 amide bonds. The monoisotopic (exact) mass is 266 g/mol. The van der Waals surface area contributed by atoms with Crippen LogP contribution in [0.25, 0.3) is 16.9 Å². The molecule has 0 bridgehead atoms. The Labute approximate surface area is 116 Å². The zero-order valence-electron chi connectivity index (χ0n) is 11.3. The van der Waals surface area contributed by atoms with Gasteiger partial charge in [0.05, 0.1) is 0 Å². The molecule has 0 atom stereocenters. The summed E-state index contributed by atoms with van der Waals surface area (Å²) in [6.07, 6.45) is 1.72. The second kappa shape index (κ2) is 4.49. The molecule has 0 aliphatic rings. The molecule has 2 aromatic heterocycles. The number of hydrogen-bond donors (Lipinski definition) is 1. The molecule has 3 rings (SSSR count). The molecule has 1 aromatic carbocycles. The van der Waals surface area contributed by atoms with E-state index in [1.807, 2.05) is 38.1 Å². The lowest BCUT2D eigenvalue weighted by atomic mass is 10.0. The van der Waals surface area contributed by atoms with Crippen molar-refractivity contribution in [3.05, 3.63) is 59.4 Å². The zero-order chi connectivity index (χ0) is 14.3. The first kappa shape index (κ1) is 12.4. The van der Waals surface area contributed by atoms with Crippen LogP contribution in [0.3, 0.4) is 0 Å². The maximum Gasteiger partial charge on any atom is 0.355 e. The Morgan fingerprint density at radius 1 is 1.20 bits per heavy atom. The average Bonchev–Trinajstić information content (AvgIpc) is 2.77. The fraction of sp³-hybridized carbons (Fsp3) is 0.125. The topological polar surface area (TPSA) is 54.6 Å². The van der Waals surface area contributed by atoms with Crippen LogP contribution in [0.5, 0.6) is 0 Å². The normalized spacial score (nSPS) is 10.9. The minimum Gasteiger partial charge on any atom is -0.476 e. The van der Waals surface area contributed by atoms with Gasteiger partial charge in [-0.25, -0.2) is 9.78 Å². The molecule has 0 radical (unpaired) electrons. The van der Waals surface area contributed by atoms with Gasteiger partial charge in [0.2, 0.25) is 0 Å². The quantitative estimate of drug-likeness (QED) is 0.774. The summed E-state index contributed by atoms with van der Waals surface area (Å²) in [6, 6.07) is 11.4. The summed E-state index contributed by atoms with van der Waals surface area (Å²) in [4.78, 5) is 16.1. The predicted molar refractivity (Wildman–Crippen MR) is 77.1 cm³/mol. The van der Waals surface area contributed by atoms with Gasteiger partial charge >= 0.3 is 5.97 Å². The maximum absolute atomic E-state index is 11.6. The van der Waals surface area contributed by atoms with Gasteiger partial charge in [0.1, 0.15) is 11.3 Å².